The van der Waals surface area contributed by atoms with E-state index in [0.717, 1.165) is 11.6 Å². The Balaban J connectivity index is 1.82. The number of hydrogen-bond donors (Lipinski definition) is 0. The molecule has 0 saturated carbocycles. The van der Waals surface area contributed by atoms with E-state index in [1.165, 1.54) is 43.8 Å². The fourth-order valence-electron chi connectivity index (χ4n) is 2.32. The van der Waals surface area contributed by atoms with Crippen LogP contribution in [0, 0.1) is 0 Å². The van der Waals surface area contributed by atoms with Gasteiger partial charge in [-0.05, 0) is 51.1 Å². The van der Waals surface area contributed by atoms with E-state index in [2.05, 4.69) is 34.0 Å². The van der Waals surface area contributed by atoms with E-state index in [-0.39, 0.29) is 0 Å². The van der Waals surface area contributed by atoms with Crippen molar-refractivity contribution < 1.29 is 0 Å². The Hall–Kier alpha value is -0.230. The molecule has 4 nitrogen and oxygen atoms in total. The SMILES string of the molecule is CCN1CCC(N(C)Cc2nnc(Cl)s2)CC1. The largest absolute Gasteiger partial charge is 0.303 e. The first-order chi connectivity index (χ1) is 8.19. The number of hydrogen-bond acceptors (Lipinski definition) is 5. The summed E-state index contributed by atoms with van der Waals surface area (Å²) in [4.78, 5) is 4.88. The van der Waals surface area contributed by atoms with Gasteiger partial charge in [-0.3, -0.25) is 4.90 Å². The molecule has 1 aromatic rings. The van der Waals surface area contributed by atoms with Gasteiger partial charge in [-0.25, -0.2) is 0 Å². The molecule has 0 amide bonds. The molecule has 1 saturated heterocycles. The Morgan fingerprint density at radius 1 is 1.41 bits per heavy atom. The number of nitrogens with zero attached hydrogens (tertiary/aromatic N) is 4. The van der Waals surface area contributed by atoms with Crippen molar-refractivity contribution in [2.24, 2.45) is 0 Å². The third-order valence-electron chi connectivity index (χ3n) is 3.45. The minimum absolute atomic E-state index is 0.536. The predicted molar refractivity (Wildman–Crippen MR) is 71.5 cm³/mol. The zero-order chi connectivity index (χ0) is 12.3. The summed E-state index contributed by atoms with van der Waals surface area (Å²) in [5.74, 6) is 0. The first-order valence-electron chi connectivity index (χ1n) is 6.09. The van der Waals surface area contributed by atoms with Crippen molar-refractivity contribution in [1.29, 1.82) is 0 Å². The number of rotatable bonds is 4. The molecule has 6 heteroatoms. The van der Waals surface area contributed by atoms with Crippen LogP contribution in [-0.2, 0) is 6.54 Å². The van der Waals surface area contributed by atoms with Gasteiger partial charge in [-0.1, -0.05) is 18.3 Å². The summed E-state index contributed by atoms with van der Waals surface area (Å²) in [5.41, 5.74) is 0. The quantitative estimate of drug-likeness (QED) is 0.842. The van der Waals surface area contributed by atoms with Gasteiger partial charge < -0.3 is 4.90 Å². The van der Waals surface area contributed by atoms with Crippen molar-refractivity contribution >= 4 is 22.9 Å². The van der Waals surface area contributed by atoms with Crippen LogP contribution in [0.4, 0.5) is 0 Å². The minimum Gasteiger partial charge on any atom is -0.303 e. The van der Waals surface area contributed by atoms with Crippen molar-refractivity contribution in [2.75, 3.05) is 26.7 Å². The molecule has 1 fully saturated rings. The molecule has 0 atom stereocenters. The van der Waals surface area contributed by atoms with E-state index in [1.807, 2.05) is 0 Å². The second-order valence-electron chi connectivity index (χ2n) is 4.53. The Labute approximate surface area is 112 Å². The van der Waals surface area contributed by atoms with Crippen LogP contribution in [0.3, 0.4) is 0 Å². The van der Waals surface area contributed by atoms with Gasteiger partial charge in [0.1, 0.15) is 5.01 Å². The highest BCUT2D eigenvalue weighted by Crippen LogP contribution is 2.20. The lowest BCUT2D eigenvalue weighted by atomic mass is 10.0. The standard InChI is InChI=1S/C11H19ClN4S/c1-3-16-6-4-9(5-7-16)15(2)8-10-13-14-11(12)17-10/h9H,3-8H2,1-2H3. The maximum atomic E-state index is 5.79. The van der Waals surface area contributed by atoms with Gasteiger partial charge in [0.25, 0.3) is 0 Å². The second kappa shape index (κ2) is 6.09. The normalized spacial score (nSPS) is 19.1. The third-order valence-corrected chi connectivity index (χ3v) is 4.46. The van der Waals surface area contributed by atoms with Gasteiger partial charge in [0.05, 0.1) is 6.54 Å². The van der Waals surface area contributed by atoms with Gasteiger partial charge in [0.2, 0.25) is 4.47 Å². The molecule has 1 aliphatic heterocycles. The van der Waals surface area contributed by atoms with Crippen LogP contribution in [0.25, 0.3) is 0 Å². The summed E-state index contributed by atoms with van der Waals surface area (Å²) >= 11 is 7.26. The van der Waals surface area contributed by atoms with Crippen molar-refractivity contribution in [3.05, 3.63) is 9.47 Å². The predicted octanol–water partition coefficient (Wildman–Crippen LogP) is 2.11. The maximum absolute atomic E-state index is 5.79. The number of likely N-dealkylation sites (tertiary alicyclic amines) is 1. The van der Waals surface area contributed by atoms with E-state index in [4.69, 9.17) is 11.6 Å². The fourth-order valence-corrected chi connectivity index (χ4v) is 3.25. The molecule has 2 rings (SSSR count). The smallest absolute Gasteiger partial charge is 0.207 e. The van der Waals surface area contributed by atoms with Crippen LogP contribution < -0.4 is 0 Å². The van der Waals surface area contributed by atoms with Crippen LogP contribution in [0.1, 0.15) is 24.8 Å². The van der Waals surface area contributed by atoms with Crippen molar-refractivity contribution in [1.82, 2.24) is 20.0 Å². The summed E-state index contributed by atoms with van der Waals surface area (Å²) in [6.07, 6.45) is 2.49. The van der Waals surface area contributed by atoms with Crippen LogP contribution >= 0.6 is 22.9 Å². The molecular weight excluding hydrogens is 256 g/mol. The lowest BCUT2D eigenvalue weighted by molar-refractivity contribution is 0.127. The molecule has 0 aliphatic carbocycles. The fraction of sp³-hybridized carbons (Fsp3) is 0.818. The minimum atomic E-state index is 0.536. The van der Waals surface area contributed by atoms with Gasteiger partial charge in [-0.15, -0.1) is 10.2 Å². The van der Waals surface area contributed by atoms with Crippen LogP contribution in [0.15, 0.2) is 0 Å². The lowest BCUT2D eigenvalue weighted by Gasteiger charge is -2.35. The molecule has 0 bridgehead atoms. The summed E-state index contributed by atoms with van der Waals surface area (Å²) in [6, 6.07) is 0.667. The van der Waals surface area contributed by atoms with E-state index >= 15 is 0 Å². The molecular formula is C11H19ClN4S. The lowest BCUT2D eigenvalue weighted by Crippen LogP contribution is -2.42. The summed E-state index contributed by atoms with van der Waals surface area (Å²) in [7, 11) is 2.17. The number of piperidine rings is 1. The molecule has 0 radical (unpaired) electrons. The van der Waals surface area contributed by atoms with Gasteiger partial charge >= 0.3 is 0 Å². The number of aromatic nitrogens is 2. The van der Waals surface area contributed by atoms with Crippen molar-refractivity contribution in [3.63, 3.8) is 0 Å². The van der Waals surface area contributed by atoms with Gasteiger partial charge in [0.15, 0.2) is 0 Å². The average molecular weight is 275 g/mol. The van der Waals surface area contributed by atoms with E-state index in [1.54, 1.807) is 0 Å². The first-order valence-corrected chi connectivity index (χ1v) is 7.29. The Morgan fingerprint density at radius 3 is 2.65 bits per heavy atom. The molecule has 1 aromatic heterocycles. The highest BCUT2D eigenvalue weighted by atomic mass is 35.5. The van der Waals surface area contributed by atoms with Crippen molar-refractivity contribution in [3.8, 4) is 0 Å². The topological polar surface area (TPSA) is 32.3 Å². The van der Waals surface area contributed by atoms with Crippen LogP contribution in [-0.4, -0.2) is 52.7 Å². The highest BCUT2D eigenvalue weighted by molar-refractivity contribution is 7.15. The second-order valence-corrected chi connectivity index (χ2v) is 6.17. The number of halogens is 1. The molecule has 0 aromatic carbocycles. The van der Waals surface area contributed by atoms with Gasteiger partial charge in [0, 0.05) is 6.04 Å². The van der Waals surface area contributed by atoms with Crippen LogP contribution in [0.2, 0.25) is 4.47 Å². The summed E-state index contributed by atoms with van der Waals surface area (Å²) in [5, 5.41) is 8.92. The summed E-state index contributed by atoms with van der Waals surface area (Å²) < 4.78 is 0.536. The highest BCUT2D eigenvalue weighted by Gasteiger charge is 2.22. The Bertz CT molecular complexity index is 349. The molecule has 0 unspecified atom stereocenters. The van der Waals surface area contributed by atoms with E-state index in [0.29, 0.717) is 10.5 Å². The zero-order valence-corrected chi connectivity index (χ0v) is 12.0. The first kappa shape index (κ1) is 13.2. The molecule has 1 aliphatic rings. The maximum Gasteiger partial charge on any atom is 0.207 e. The average Bonchev–Trinajstić information content (AvgIpc) is 2.75. The van der Waals surface area contributed by atoms with Crippen molar-refractivity contribution in [2.45, 2.75) is 32.4 Å². The molecule has 0 spiro atoms. The molecule has 17 heavy (non-hydrogen) atoms. The van der Waals surface area contributed by atoms with E-state index in [9.17, 15) is 0 Å². The monoisotopic (exact) mass is 274 g/mol. The van der Waals surface area contributed by atoms with Gasteiger partial charge in [-0.2, -0.15) is 0 Å². The Kier molecular flexibility index (Phi) is 4.73. The molecule has 96 valence electrons. The molecule has 2 heterocycles. The summed E-state index contributed by atoms with van der Waals surface area (Å²) in [6.45, 7) is 6.68. The Morgan fingerprint density at radius 2 is 2.12 bits per heavy atom. The zero-order valence-electron chi connectivity index (χ0n) is 10.4. The third kappa shape index (κ3) is 3.61. The van der Waals surface area contributed by atoms with Crippen LogP contribution in [0.5, 0.6) is 0 Å². The van der Waals surface area contributed by atoms with E-state index < -0.39 is 0 Å². The molecule has 0 N–H and O–H groups in total.